The van der Waals surface area contributed by atoms with Crippen molar-refractivity contribution in [3.8, 4) is 17.1 Å². The highest BCUT2D eigenvalue weighted by molar-refractivity contribution is 6.34. The Labute approximate surface area is 228 Å². The van der Waals surface area contributed by atoms with Crippen LogP contribution in [-0.4, -0.2) is 103 Å². The minimum Gasteiger partial charge on any atom is -0.484 e. The number of nitrogens with one attached hydrogen (secondary N) is 3. The molecule has 0 aliphatic carbocycles. The molecule has 0 saturated carbocycles. The Balaban J connectivity index is 1.13. The summed E-state index contributed by atoms with van der Waals surface area (Å²) in [6.07, 6.45) is 4.69. The number of carbonyl (C=O) groups is 1. The number of morpholine rings is 1. The molecule has 38 heavy (non-hydrogen) atoms. The maximum Gasteiger partial charge on any atom is 0.257 e. The number of rotatable bonds is 10. The predicted octanol–water partition coefficient (Wildman–Crippen LogP) is 3.00. The Kier molecular flexibility index (Phi) is 8.95. The van der Waals surface area contributed by atoms with Gasteiger partial charge in [-0.1, -0.05) is 11.6 Å². The average molecular weight is 542 g/mol. The number of hydrogen-bond acceptors (Lipinski definition) is 8. The Bertz CT molecular complexity index is 1210. The number of nitrogens with zero attached hydrogens (tertiary/aromatic N) is 4. The Morgan fingerprint density at radius 1 is 1.18 bits per heavy atom. The van der Waals surface area contributed by atoms with Gasteiger partial charge in [-0.2, -0.15) is 0 Å². The van der Waals surface area contributed by atoms with Crippen LogP contribution in [0.3, 0.4) is 0 Å². The molecule has 0 radical (unpaired) electrons. The van der Waals surface area contributed by atoms with Crippen LogP contribution in [0, 0.1) is 0 Å². The molecule has 2 saturated heterocycles. The van der Waals surface area contributed by atoms with Gasteiger partial charge in [0.25, 0.3) is 5.91 Å². The number of likely N-dealkylation sites (tertiary alicyclic amines) is 1. The fourth-order valence-corrected chi connectivity index (χ4v) is 5.02. The number of piperidine rings is 1. The van der Waals surface area contributed by atoms with E-state index >= 15 is 0 Å². The van der Waals surface area contributed by atoms with Crippen molar-refractivity contribution in [2.45, 2.75) is 25.3 Å². The van der Waals surface area contributed by atoms with Crippen molar-refractivity contribution in [1.82, 2.24) is 30.1 Å². The quantitative estimate of drug-likeness (QED) is 0.336. The smallest absolute Gasteiger partial charge is 0.257 e. The van der Waals surface area contributed by atoms with Gasteiger partial charge in [0.15, 0.2) is 12.3 Å². The molecule has 1 aromatic carbocycles. The first-order valence-electron chi connectivity index (χ1n) is 13.3. The number of amides is 1. The summed E-state index contributed by atoms with van der Waals surface area (Å²) in [5.41, 5.74) is 3.14. The Hall–Kier alpha value is -2.92. The number of aromatic nitrogens is 3. The normalized spacial score (nSPS) is 17.5. The minimum atomic E-state index is -0.124. The molecule has 2 fully saturated rings. The first-order valence-corrected chi connectivity index (χ1v) is 13.7. The van der Waals surface area contributed by atoms with E-state index in [1.165, 1.54) is 0 Å². The zero-order valence-corrected chi connectivity index (χ0v) is 22.6. The van der Waals surface area contributed by atoms with Crippen LogP contribution in [0.15, 0.2) is 30.5 Å². The van der Waals surface area contributed by atoms with E-state index in [-0.39, 0.29) is 12.5 Å². The molecule has 1 amide bonds. The highest BCUT2D eigenvalue weighted by Gasteiger charge is 2.20. The lowest BCUT2D eigenvalue weighted by molar-refractivity contribution is -0.123. The maximum atomic E-state index is 12.2. The first kappa shape index (κ1) is 26.7. The van der Waals surface area contributed by atoms with E-state index in [1.807, 2.05) is 24.3 Å². The van der Waals surface area contributed by atoms with Crippen molar-refractivity contribution < 1.29 is 14.3 Å². The lowest BCUT2D eigenvalue weighted by Crippen LogP contribution is -2.38. The van der Waals surface area contributed by atoms with Crippen LogP contribution in [0.2, 0.25) is 5.02 Å². The number of fused-ring (bicyclic) bond motifs is 1. The molecule has 11 heteroatoms. The summed E-state index contributed by atoms with van der Waals surface area (Å²) in [6, 6.07) is 7.86. The number of pyridine rings is 1. The van der Waals surface area contributed by atoms with Gasteiger partial charge in [-0.05, 0) is 70.2 Å². The summed E-state index contributed by atoms with van der Waals surface area (Å²) in [6.45, 7) is 7.19. The average Bonchev–Trinajstić information content (AvgIpc) is 3.38. The molecule has 4 heterocycles. The van der Waals surface area contributed by atoms with Crippen LogP contribution in [0.1, 0.15) is 19.3 Å². The summed E-state index contributed by atoms with van der Waals surface area (Å²) >= 11 is 6.52. The Morgan fingerprint density at radius 3 is 2.71 bits per heavy atom. The monoisotopic (exact) mass is 541 g/mol. The second kappa shape index (κ2) is 12.8. The third kappa shape index (κ3) is 6.93. The first-order chi connectivity index (χ1) is 18.5. The lowest BCUT2D eigenvalue weighted by Gasteiger charge is -2.30. The van der Waals surface area contributed by atoms with Crippen molar-refractivity contribution >= 4 is 34.4 Å². The summed E-state index contributed by atoms with van der Waals surface area (Å²) < 4.78 is 11.0. The van der Waals surface area contributed by atoms with Crippen molar-refractivity contribution in [2.75, 3.05) is 71.5 Å². The van der Waals surface area contributed by atoms with Crippen molar-refractivity contribution in [3.63, 3.8) is 0 Å². The third-order valence-corrected chi connectivity index (χ3v) is 7.40. The molecule has 204 valence electrons. The number of benzene rings is 1. The molecule has 0 spiro atoms. The van der Waals surface area contributed by atoms with E-state index < -0.39 is 0 Å². The summed E-state index contributed by atoms with van der Waals surface area (Å²) in [5.74, 6) is 1.20. The molecule has 2 aliphatic rings. The molecule has 0 bridgehead atoms. The molecule has 0 atom stereocenters. The van der Waals surface area contributed by atoms with Gasteiger partial charge in [0.05, 0.1) is 30.1 Å². The van der Waals surface area contributed by atoms with Crippen molar-refractivity contribution in [1.29, 1.82) is 0 Å². The predicted molar refractivity (Wildman–Crippen MR) is 149 cm³/mol. The SMILES string of the molecule is CN1CCC(Nc2c(Cl)cnc3[nH]c(-c4ccc(OCC(=O)NCCCN5CCOCC5)cc4)nc23)CC1. The molecule has 2 aliphatic heterocycles. The molecule has 3 N–H and O–H groups in total. The fraction of sp³-hybridized carbons (Fsp3) is 0.519. The molecule has 5 rings (SSSR count). The number of H-pyrrole nitrogens is 1. The van der Waals surface area contributed by atoms with E-state index in [4.69, 9.17) is 26.1 Å². The second-order valence-corrected chi connectivity index (χ2v) is 10.4. The van der Waals surface area contributed by atoms with Crippen molar-refractivity contribution in [3.05, 3.63) is 35.5 Å². The van der Waals surface area contributed by atoms with Crippen LogP contribution in [-0.2, 0) is 9.53 Å². The highest BCUT2D eigenvalue weighted by Crippen LogP contribution is 2.32. The van der Waals surface area contributed by atoms with E-state index in [9.17, 15) is 4.79 Å². The number of imidazole rings is 1. The van der Waals surface area contributed by atoms with Crippen LogP contribution in [0.4, 0.5) is 5.69 Å². The van der Waals surface area contributed by atoms with Gasteiger partial charge in [-0.15, -0.1) is 0 Å². The number of ether oxygens (including phenoxy) is 2. The van der Waals surface area contributed by atoms with E-state index in [0.717, 1.165) is 82.0 Å². The maximum absolute atomic E-state index is 12.2. The highest BCUT2D eigenvalue weighted by atomic mass is 35.5. The molecule has 10 nitrogen and oxygen atoms in total. The molecule has 0 unspecified atom stereocenters. The summed E-state index contributed by atoms with van der Waals surface area (Å²) in [4.78, 5) is 29.4. The second-order valence-electron chi connectivity index (χ2n) is 9.96. The van der Waals surface area contributed by atoms with Gasteiger partial charge < -0.3 is 30.0 Å². The molecular weight excluding hydrogens is 506 g/mol. The third-order valence-electron chi connectivity index (χ3n) is 7.11. The number of anilines is 1. The zero-order chi connectivity index (χ0) is 26.3. The van der Waals surface area contributed by atoms with Crippen LogP contribution < -0.4 is 15.4 Å². The van der Waals surface area contributed by atoms with Crippen molar-refractivity contribution in [2.24, 2.45) is 0 Å². The minimum absolute atomic E-state index is 0.0179. The van der Waals surface area contributed by atoms with E-state index in [2.05, 4.69) is 37.4 Å². The van der Waals surface area contributed by atoms with Crippen LogP contribution in [0.25, 0.3) is 22.6 Å². The number of hydrogen-bond donors (Lipinski definition) is 3. The van der Waals surface area contributed by atoms with Crippen LogP contribution in [0.5, 0.6) is 5.75 Å². The molecular formula is C27H36ClN7O3. The van der Waals surface area contributed by atoms with Gasteiger partial charge in [-0.25, -0.2) is 9.97 Å². The zero-order valence-electron chi connectivity index (χ0n) is 21.8. The van der Waals surface area contributed by atoms with E-state index in [1.54, 1.807) is 6.20 Å². The topological polar surface area (TPSA) is 108 Å². The summed E-state index contributed by atoms with van der Waals surface area (Å²) in [7, 11) is 2.15. The van der Waals surface area contributed by atoms with E-state index in [0.29, 0.717) is 34.8 Å². The number of aromatic amines is 1. The number of carbonyl (C=O) groups excluding carboxylic acids is 1. The molecule has 3 aromatic rings. The summed E-state index contributed by atoms with van der Waals surface area (Å²) in [5, 5.41) is 7.09. The fourth-order valence-electron chi connectivity index (χ4n) is 4.83. The van der Waals surface area contributed by atoms with Crippen LogP contribution >= 0.6 is 11.6 Å². The van der Waals surface area contributed by atoms with Gasteiger partial charge in [0, 0.05) is 31.2 Å². The Morgan fingerprint density at radius 2 is 1.95 bits per heavy atom. The van der Waals surface area contributed by atoms with Gasteiger partial charge in [0.2, 0.25) is 0 Å². The molecule has 2 aromatic heterocycles. The number of halogens is 1. The standard InChI is InChI=1S/C27H36ClN7O3/c1-34-11-7-20(8-12-34)31-24-22(28)17-30-27-25(24)32-26(33-27)19-3-5-21(6-4-19)38-18-23(36)29-9-2-10-35-13-15-37-16-14-35/h3-6,17,20H,2,7-16,18H2,1H3,(H,29,36)(H2,30,31,32,33). The largest absolute Gasteiger partial charge is 0.484 e. The lowest BCUT2D eigenvalue weighted by atomic mass is 10.1. The van der Waals surface area contributed by atoms with Gasteiger partial charge in [-0.3, -0.25) is 9.69 Å². The van der Waals surface area contributed by atoms with Gasteiger partial charge >= 0.3 is 0 Å². The van der Waals surface area contributed by atoms with Gasteiger partial charge in [0.1, 0.15) is 17.1 Å².